The fourth-order valence-corrected chi connectivity index (χ4v) is 2.88. The van der Waals surface area contributed by atoms with Crippen molar-refractivity contribution in [3.8, 4) is 0 Å². The van der Waals surface area contributed by atoms with Crippen molar-refractivity contribution in [1.29, 1.82) is 0 Å². The van der Waals surface area contributed by atoms with Crippen LogP contribution in [0.5, 0.6) is 0 Å². The molecule has 0 radical (unpaired) electrons. The molecule has 0 amide bonds. The molecule has 0 saturated carbocycles. The minimum absolute atomic E-state index is 1.14. The Hall–Kier alpha value is -1.08. The van der Waals surface area contributed by atoms with E-state index in [1.807, 2.05) is 0 Å². The van der Waals surface area contributed by atoms with E-state index in [9.17, 15) is 0 Å². The number of benzene rings is 2. The second-order valence-corrected chi connectivity index (χ2v) is 4.76. The Morgan fingerprint density at radius 3 is 2.80 bits per heavy atom. The number of aryl methyl sites for hydroxylation is 1. The molecular weight excluding hydrogens is 248 g/mol. The van der Waals surface area contributed by atoms with E-state index < -0.39 is 0 Å². The Morgan fingerprint density at radius 2 is 1.87 bits per heavy atom. The summed E-state index contributed by atoms with van der Waals surface area (Å²) in [6.45, 7) is 0. The molecule has 0 aliphatic heterocycles. The summed E-state index contributed by atoms with van der Waals surface area (Å²) in [7, 11) is 0. The molecule has 0 unspecified atom stereocenters. The maximum Gasteiger partial charge on any atom is 0.0210 e. The fourth-order valence-electron chi connectivity index (χ4n) is 2.28. The Kier molecular flexibility index (Phi) is 2.14. The van der Waals surface area contributed by atoms with Crippen molar-refractivity contribution in [2.24, 2.45) is 0 Å². The van der Waals surface area contributed by atoms with Crippen molar-refractivity contribution in [2.45, 2.75) is 12.8 Å². The van der Waals surface area contributed by atoms with E-state index in [2.05, 4.69) is 58.4 Å². The third-order valence-electron chi connectivity index (χ3n) is 3.02. The first-order valence-corrected chi connectivity index (χ1v) is 6.02. The molecular formula is C14H11Br. The third-order valence-corrected chi connectivity index (χ3v) is 3.77. The van der Waals surface area contributed by atoms with Gasteiger partial charge in [-0.15, -0.1) is 0 Å². The van der Waals surface area contributed by atoms with Gasteiger partial charge < -0.3 is 0 Å². The summed E-state index contributed by atoms with van der Waals surface area (Å²) in [4.78, 5) is 0. The molecule has 0 heterocycles. The highest BCUT2D eigenvalue weighted by atomic mass is 79.9. The number of hydrogen-bond donors (Lipinski definition) is 0. The zero-order valence-electron chi connectivity index (χ0n) is 8.33. The SMILES string of the molecule is BrC1=CCCc2c1ccc1ccccc21. The summed E-state index contributed by atoms with van der Waals surface area (Å²) >= 11 is 3.63. The van der Waals surface area contributed by atoms with E-state index in [1.165, 1.54) is 26.4 Å². The van der Waals surface area contributed by atoms with Crippen LogP contribution in [0.2, 0.25) is 0 Å². The smallest absolute Gasteiger partial charge is 0.0210 e. The summed E-state index contributed by atoms with van der Waals surface area (Å²) in [5.74, 6) is 0. The largest absolute Gasteiger partial charge is 0.0693 e. The van der Waals surface area contributed by atoms with Gasteiger partial charge in [0.15, 0.2) is 0 Å². The van der Waals surface area contributed by atoms with Crippen LogP contribution in [0.25, 0.3) is 15.3 Å². The molecule has 0 atom stereocenters. The van der Waals surface area contributed by atoms with E-state index in [0.717, 1.165) is 12.8 Å². The van der Waals surface area contributed by atoms with Gasteiger partial charge in [0.05, 0.1) is 0 Å². The number of halogens is 1. The predicted octanol–water partition coefficient (Wildman–Crippen LogP) is 4.52. The average molecular weight is 259 g/mol. The molecule has 0 bridgehead atoms. The van der Waals surface area contributed by atoms with Crippen LogP contribution in [0.4, 0.5) is 0 Å². The van der Waals surface area contributed by atoms with Crippen LogP contribution in [-0.4, -0.2) is 0 Å². The van der Waals surface area contributed by atoms with E-state index in [1.54, 1.807) is 0 Å². The Labute approximate surface area is 97.7 Å². The van der Waals surface area contributed by atoms with Gasteiger partial charge in [0.1, 0.15) is 0 Å². The van der Waals surface area contributed by atoms with Crippen molar-refractivity contribution in [1.82, 2.24) is 0 Å². The minimum atomic E-state index is 1.14. The molecule has 2 aromatic carbocycles. The van der Waals surface area contributed by atoms with Gasteiger partial charge in [0.2, 0.25) is 0 Å². The van der Waals surface area contributed by atoms with Crippen LogP contribution in [-0.2, 0) is 6.42 Å². The average Bonchev–Trinajstić information content (AvgIpc) is 2.29. The van der Waals surface area contributed by atoms with Crippen molar-refractivity contribution >= 4 is 31.2 Å². The van der Waals surface area contributed by atoms with Crippen LogP contribution >= 0.6 is 15.9 Å². The van der Waals surface area contributed by atoms with E-state index >= 15 is 0 Å². The van der Waals surface area contributed by atoms with E-state index in [4.69, 9.17) is 0 Å². The maximum absolute atomic E-state index is 3.63. The predicted molar refractivity (Wildman–Crippen MR) is 69.2 cm³/mol. The van der Waals surface area contributed by atoms with Gasteiger partial charge in [-0.25, -0.2) is 0 Å². The molecule has 0 fully saturated rings. The molecule has 0 saturated heterocycles. The number of hydrogen-bond acceptors (Lipinski definition) is 0. The molecule has 1 heteroatoms. The quantitative estimate of drug-likeness (QED) is 0.652. The van der Waals surface area contributed by atoms with Crippen LogP contribution in [0, 0.1) is 0 Å². The lowest BCUT2D eigenvalue weighted by Gasteiger charge is -2.16. The fraction of sp³-hybridized carbons (Fsp3) is 0.143. The highest BCUT2D eigenvalue weighted by Gasteiger charge is 2.12. The number of fused-ring (bicyclic) bond motifs is 3. The van der Waals surface area contributed by atoms with Gasteiger partial charge >= 0.3 is 0 Å². The molecule has 2 aromatic rings. The zero-order chi connectivity index (χ0) is 10.3. The monoisotopic (exact) mass is 258 g/mol. The van der Waals surface area contributed by atoms with Gasteiger partial charge in [0.25, 0.3) is 0 Å². The lowest BCUT2D eigenvalue weighted by atomic mass is 9.92. The van der Waals surface area contributed by atoms with Gasteiger partial charge in [-0.3, -0.25) is 0 Å². The molecule has 15 heavy (non-hydrogen) atoms. The second kappa shape index (κ2) is 3.49. The van der Waals surface area contributed by atoms with Gasteiger partial charge in [-0.1, -0.05) is 58.4 Å². The molecule has 0 spiro atoms. The summed E-state index contributed by atoms with van der Waals surface area (Å²) in [6, 6.07) is 13.0. The topological polar surface area (TPSA) is 0 Å². The first-order valence-electron chi connectivity index (χ1n) is 5.23. The van der Waals surface area contributed by atoms with Gasteiger partial charge in [-0.05, 0) is 34.7 Å². The molecule has 1 aliphatic carbocycles. The Balaban J connectivity index is 2.39. The number of allylic oxidation sites excluding steroid dienone is 1. The Bertz CT molecular complexity index is 552. The summed E-state index contributed by atoms with van der Waals surface area (Å²) in [5, 5.41) is 2.75. The number of rotatable bonds is 0. The molecule has 3 rings (SSSR count). The summed E-state index contributed by atoms with van der Waals surface area (Å²) in [6.07, 6.45) is 4.56. The molecule has 0 nitrogen and oxygen atoms in total. The van der Waals surface area contributed by atoms with Crippen LogP contribution in [0.15, 0.2) is 42.5 Å². The third kappa shape index (κ3) is 1.42. The highest BCUT2D eigenvalue weighted by Crippen LogP contribution is 2.34. The molecule has 0 N–H and O–H groups in total. The van der Waals surface area contributed by atoms with Crippen LogP contribution in [0.3, 0.4) is 0 Å². The van der Waals surface area contributed by atoms with Crippen molar-refractivity contribution in [2.75, 3.05) is 0 Å². The van der Waals surface area contributed by atoms with E-state index in [0.29, 0.717) is 0 Å². The lowest BCUT2D eigenvalue weighted by molar-refractivity contribution is 0.996. The summed E-state index contributed by atoms with van der Waals surface area (Å²) < 4.78 is 1.24. The standard InChI is InChI=1S/C14H11Br/c15-14-7-3-6-12-11-5-2-1-4-10(11)8-9-13(12)14/h1-2,4-5,7-9H,3,6H2. The van der Waals surface area contributed by atoms with Gasteiger partial charge in [-0.2, -0.15) is 0 Å². The van der Waals surface area contributed by atoms with Crippen molar-refractivity contribution in [3.05, 3.63) is 53.6 Å². The molecule has 74 valence electrons. The first kappa shape index (κ1) is 9.17. The van der Waals surface area contributed by atoms with E-state index in [-0.39, 0.29) is 0 Å². The second-order valence-electron chi connectivity index (χ2n) is 3.90. The highest BCUT2D eigenvalue weighted by molar-refractivity contribution is 9.15. The van der Waals surface area contributed by atoms with Crippen LogP contribution < -0.4 is 0 Å². The zero-order valence-corrected chi connectivity index (χ0v) is 9.92. The lowest BCUT2D eigenvalue weighted by Crippen LogP contribution is -1.97. The van der Waals surface area contributed by atoms with Crippen molar-refractivity contribution < 1.29 is 0 Å². The van der Waals surface area contributed by atoms with Crippen LogP contribution in [0.1, 0.15) is 17.5 Å². The molecule has 0 aromatic heterocycles. The minimum Gasteiger partial charge on any atom is -0.0693 e. The molecule has 1 aliphatic rings. The summed E-state index contributed by atoms with van der Waals surface area (Å²) in [5.41, 5.74) is 2.85. The van der Waals surface area contributed by atoms with Gasteiger partial charge in [0, 0.05) is 4.48 Å². The van der Waals surface area contributed by atoms with Crippen molar-refractivity contribution in [3.63, 3.8) is 0 Å². The maximum atomic E-state index is 3.63. The first-order chi connectivity index (χ1) is 7.36. The normalized spacial score (nSPS) is 14.9. The Morgan fingerprint density at radius 1 is 1.00 bits per heavy atom.